The third-order valence-corrected chi connectivity index (χ3v) is 7.51. The summed E-state index contributed by atoms with van der Waals surface area (Å²) in [6.07, 6.45) is 1.96. The maximum absolute atomic E-state index is 4.92. The van der Waals surface area contributed by atoms with E-state index >= 15 is 0 Å². The molecule has 0 bridgehead atoms. The van der Waals surface area contributed by atoms with Crippen LogP contribution in [0.3, 0.4) is 0 Å². The number of rotatable bonds is 1. The Morgan fingerprint density at radius 3 is 2.13 bits per heavy atom. The number of fused-ring (bicyclic) bond motifs is 8. The van der Waals surface area contributed by atoms with Crippen LogP contribution in [0.4, 0.5) is 0 Å². The minimum atomic E-state index is 1.07. The van der Waals surface area contributed by atoms with E-state index in [0.29, 0.717) is 0 Å². The Balaban J connectivity index is 1.69. The van der Waals surface area contributed by atoms with Gasteiger partial charge in [0.15, 0.2) is 0 Å². The lowest BCUT2D eigenvalue weighted by Crippen LogP contribution is -1.88. The summed E-state index contributed by atoms with van der Waals surface area (Å²) in [5.41, 5.74) is 2.28. The lowest BCUT2D eigenvalue weighted by atomic mass is 9.92. The van der Waals surface area contributed by atoms with Crippen LogP contribution in [0.15, 0.2) is 103 Å². The highest BCUT2D eigenvalue weighted by atomic mass is 32.1. The van der Waals surface area contributed by atoms with Gasteiger partial charge in [-0.15, -0.1) is 11.3 Å². The van der Waals surface area contributed by atoms with E-state index in [-0.39, 0.29) is 0 Å². The molecule has 2 heteroatoms. The molecular weight excluding hydrogens is 394 g/mol. The Bertz CT molecular complexity index is 1790. The fourth-order valence-corrected chi connectivity index (χ4v) is 6.10. The molecule has 0 saturated heterocycles. The van der Waals surface area contributed by atoms with Gasteiger partial charge in [-0.25, -0.2) is 0 Å². The average Bonchev–Trinajstić information content (AvgIpc) is 3.22. The van der Waals surface area contributed by atoms with Gasteiger partial charge in [-0.1, -0.05) is 78.9 Å². The Morgan fingerprint density at radius 1 is 0.516 bits per heavy atom. The maximum atomic E-state index is 4.92. The maximum Gasteiger partial charge on any atom is 0.0886 e. The topological polar surface area (TPSA) is 12.9 Å². The van der Waals surface area contributed by atoms with Gasteiger partial charge in [0, 0.05) is 27.2 Å². The molecule has 2 aromatic heterocycles. The largest absolute Gasteiger partial charge is 0.255 e. The first-order valence-corrected chi connectivity index (χ1v) is 11.3. The highest BCUT2D eigenvalue weighted by molar-refractivity contribution is 7.26. The van der Waals surface area contributed by atoms with E-state index in [2.05, 4.69) is 97.1 Å². The lowest BCUT2D eigenvalue weighted by Gasteiger charge is -2.13. The molecule has 0 atom stereocenters. The Hall–Kier alpha value is -3.75. The minimum Gasteiger partial charge on any atom is -0.255 e. The molecule has 0 radical (unpaired) electrons. The van der Waals surface area contributed by atoms with Crippen molar-refractivity contribution in [2.75, 3.05) is 0 Å². The number of hydrogen-bond donors (Lipinski definition) is 0. The van der Waals surface area contributed by atoms with Crippen molar-refractivity contribution < 1.29 is 0 Å². The molecule has 2 heterocycles. The van der Waals surface area contributed by atoms with Crippen LogP contribution in [0.25, 0.3) is 63.7 Å². The molecule has 0 spiro atoms. The molecule has 1 nitrogen and oxygen atoms in total. The number of thiophene rings is 1. The van der Waals surface area contributed by atoms with E-state index in [1.54, 1.807) is 0 Å². The first kappa shape index (κ1) is 17.0. The Morgan fingerprint density at radius 2 is 1.23 bits per heavy atom. The van der Waals surface area contributed by atoms with Gasteiger partial charge in [0.2, 0.25) is 0 Å². The van der Waals surface area contributed by atoms with E-state index in [1.807, 2.05) is 17.5 Å². The molecule has 0 saturated carbocycles. The van der Waals surface area contributed by atoms with Crippen LogP contribution < -0.4 is 0 Å². The van der Waals surface area contributed by atoms with Crippen molar-refractivity contribution in [3.05, 3.63) is 103 Å². The first-order chi connectivity index (χ1) is 15.4. The predicted molar refractivity (Wildman–Crippen MR) is 135 cm³/mol. The quantitative estimate of drug-likeness (QED) is 0.247. The molecule has 0 fully saturated rings. The molecule has 0 aliphatic carbocycles. The second-order valence-corrected chi connectivity index (χ2v) is 9.04. The Labute approximate surface area is 183 Å². The van der Waals surface area contributed by atoms with Crippen molar-refractivity contribution in [2.24, 2.45) is 0 Å². The van der Waals surface area contributed by atoms with Crippen LogP contribution >= 0.6 is 11.3 Å². The first-order valence-electron chi connectivity index (χ1n) is 10.5. The van der Waals surface area contributed by atoms with E-state index in [4.69, 9.17) is 4.98 Å². The van der Waals surface area contributed by atoms with Gasteiger partial charge in [0.05, 0.1) is 10.4 Å². The van der Waals surface area contributed by atoms with Gasteiger partial charge < -0.3 is 0 Å². The number of nitrogens with zero attached hydrogens (tertiary/aromatic N) is 1. The molecule has 7 rings (SSSR count). The highest BCUT2D eigenvalue weighted by Crippen LogP contribution is 2.43. The number of pyridine rings is 1. The highest BCUT2D eigenvalue weighted by Gasteiger charge is 2.16. The molecule has 0 unspecified atom stereocenters. The molecule has 7 aromatic rings. The van der Waals surface area contributed by atoms with Gasteiger partial charge in [-0.3, -0.25) is 4.98 Å². The van der Waals surface area contributed by atoms with E-state index < -0.39 is 0 Å². The molecule has 0 aliphatic heterocycles. The summed E-state index contributed by atoms with van der Waals surface area (Å²) >= 11 is 1.84. The minimum absolute atomic E-state index is 1.07. The average molecular weight is 412 g/mol. The zero-order valence-corrected chi connectivity index (χ0v) is 17.5. The van der Waals surface area contributed by atoms with Crippen molar-refractivity contribution in [3.8, 4) is 11.3 Å². The normalized spacial score (nSPS) is 11.9. The number of benzene rings is 5. The summed E-state index contributed by atoms with van der Waals surface area (Å²) in [7, 11) is 0. The standard InChI is InChI=1S/C29H17NS/c1-2-8-19-18(7-1)13-14-22-20-9-3-4-10-21(20)26(17-25(19)22)28-29-24(15-16-30-28)23-11-5-6-12-27(23)31-29/h1-17H. The molecule has 5 aromatic carbocycles. The second-order valence-electron chi connectivity index (χ2n) is 7.99. The molecule has 144 valence electrons. The van der Waals surface area contributed by atoms with Gasteiger partial charge in [0.1, 0.15) is 0 Å². The van der Waals surface area contributed by atoms with Crippen LogP contribution in [0.1, 0.15) is 0 Å². The summed E-state index contributed by atoms with van der Waals surface area (Å²) in [6.45, 7) is 0. The van der Waals surface area contributed by atoms with Gasteiger partial charge in [-0.2, -0.15) is 0 Å². The van der Waals surface area contributed by atoms with E-state index in [9.17, 15) is 0 Å². The van der Waals surface area contributed by atoms with Crippen LogP contribution in [0.5, 0.6) is 0 Å². The molecule has 0 amide bonds. The van der Waals surface area contributed by atoms with Gasteiger partial charge >= 0.3 is 0 Å². The summed E-state index contributed by atoms with van der Waals surface area (Å²) < 4.78 is 2.57. The fraction of sp³-hybridized carbons (Fsp3) is 0. The summed E-state index contributed by atoms with van der Waals surface area (Å²) in [4.78, 5) is 4.92. The smallest absolute Gasteiger partial charge is 0.0886 e. The van der Waals surface area contributed by atoms with Gasteiger partial charge in [-0.05, 0) is 50.5 Å². The zero-order chi connectivity index (χ0) is 20.4. The Kier molecular flexibility index (Phi) is 3.49. The third-order valence-electron chi connectivity index (χ3n) is 6.32. The van der Waals surface area contributed by atoms with Crippen molar-refractivity contribution in [3.63, 3.8) is 0 Å². The molecule has 0 N–H and O–H groups in total. The van der Waals surface area contributed by atoms with E-state index in [1.165, 1.54) is 58.1 Å². The van der Waals surface area contributed by atoms with Crippen molar-refractivity contribution in [1.29, 1.82) is 0 Å². The van der Waals surface area contributed by atoms with Crippen LogP contribution in [0.2, 0.25) is 0 Å². The predicted octanol–water partition coefficient (Wildman–Crippen LogP) is 8.58. The molecular formula is C29H17NS. The third kappa shape index (κ3) is 2.40. The number of aromatic nitrogens is 1. The molecule has 31 heavy (non-hydrogen) atoms. The fourth-order valence-electron chi connectivity index (χ4n) is 4.90. The summed E-state index contributed by atoms with van der Waals surface area (Å²) in [5, 5.41) is 10.3. The lowest BCUT2D eigenvalue weighted by molar-refractivity contribution is 1.38. The SMILES string of the molecule is c1ccc2c(c1)ccc1c3ccccc3c(-c3nccc4c3sc3ccccc34)cc21. The van der Waals surface area contributed by atoms with Crippen molar-refractivity contribution in [1.82, 2.24) is 4.98 Å². The zero-order valence-electron chi connectivity index (χ0n) is 16.7. The second kappa shape index (κ2) is 6.37. The van der Waals surface area contributed by atoms with Crippen LogP contribution in [-0.2, 0) is 0 Å². The summed E-state index contributed by atoms with van der Waals surface area (Å²) in [5.74, 6) is 0. The van der Waals surface area contributed by atoms with Crippen LogP contribution in [0, 0.1) is 0 Å². The van der Waals surface area contributed by atoms with Crippen molar-refractivity contribution in [2.45, 2.75) is 0 Å². The summed E-state index contributed by atoms with van der Waals surface area (Å²) in [6, 6.07) is 35.0. The van der Waals surface area contributed by atoms with Gasteiger partial charge in [0.25, 0.3) is 0 Å². The van der Waals surface area contributed by atoms with E-state index in [0.717, 1.165) is 5.69 Å². The van der Waals surface area contributed by atoms with Crippen molar-refractivity contribution >= 4 is 63.8 Å². The molecule has 0 aliphatic rings. The monoisotopic (exact) mass is 411 g/mol. The number of hydrogen-bond acceptors (Lipinski definition) is 2. The van der Waals surface area contributed by atoms with Crippen LogP contribution in [-0.4, -0.2) is 4.98 Å².